The summed E-state index contributed by atoms with van der Waals surface area (Å²) in [6.45, 7) is -0.306. The second-order valence-electron chi connectivity index (χ2n) is 1.09. The molecule has 7 heavy (non-hydrogen) atoms. The molecular weight excluding hydrogens is 95.1 g/mol. The van der Waals surface area contributed by atoms with E-state index in [2.05, 4.69) is 4.74 Å². The molecule has 0 bridgehead atoms. The lowest BCUT2D eigenvalue weighted by molar-refractivity contribution is 0.335. The Kier molecular flexibility index (Phi) is 5.06. The largest absolute Gasteiger partial charge is 0.505 e. The zero-order valence-electron chi connectivity index (χ0n) is 4.36. The molecule has 0 aliphatic heterocycles. The summed E-state index contributed by atoms with van der Waals surface area (Å²) in [5.41, 5.74) is 0. The van der Waals surface area contributed by atoms with Crippen LogP contribution >= 0.6 is 0 Å². The third kappa shape index (κ3) is 5.47. The first-order valence-electron chi connectivity index (χ1n) is 2.15. The van der Waals surface area contributed by atoms with Gasteiger partial charge in [-0.1, -0.05) is 0 Å². The van der Waals surface area contributed by atoms with Crippen molar-refractivity contribution >= 4 is 0 Å². The van der Waals surface area contributed by atoms with Crippen molar-refractivity contribution in [1.82, 2.24) is 0 Å². The monoisotopic (exact) mass is 104 g/mol. The van der Waals surface area contributed by atoms with E-state index in [4.69, 9.17) is 0 Å². The number of allylic oxidation sites excluding steroid dienone is 1. The van der Waals surface area contributed by atoms with E-state index in [0.717, 1.165) is 0 Å². The molecule has 2 heteroatoms. The Labute approximate surface area is 42.8 Å². The normalized spacial score (nSPS) is 10.0. The molecule has 0 saturated carbocycles. The summed E-state index contributed by atoms with van der Waals surface area (Å²) >= 11 is 0. The first kappa shape index (κ1) is 6.47. The van der Waals surface area contributed by atoms with E-state index in [1.54, 1.807) is 6.08 Å². The van der Waals surface area contributed by atoms with E-state index < -0.39 is 0 Å². The molecule has 1 nitrogen and oxygen atoms in total. The lowest BCUT2D eigenvalue weighted by Crippen LogP contribution is -1.68. The third-order valence-corrected chi connectivity index (χ3v) is 0.508. The van der Waals surface area contributed by atoms with Gasteiger partial charge in [0, 0.05) is 0 Å². The lowest BCUT2D eigenvalue weighted by Gasteiger charge is -1.82. The highest BCUT2D eigenvalue weighted by molar-refractivity contribution is 4.71. The number of rotatable bonds is 3. The van der Waals surface area contributed by atoms with Gasteiger partial charge in [-0.15, -0.1) is 0 Å². The topological polar surface area (TPSA) is 9.23 Å². The molecule has 0 atom stereocenters. The van der Waals surface area contributed by atoms with Crippen molar-refractivity contribution in [3.05, 3.63) is 12.3 Å². The number of alkyl halides is 1. The highest BCUT2D eigenvalue weighted by atomic mass is 19.1. The maximum atomic E-state index is 11.2. The van der Waals surface area contributed by atoms with Gasteiger partial charge in [0.05, 0.1) is 20.0 Å². The number of ether oxygens (including phenoxy) is 1. The molecular formula is C5H9FO. The van der Waals surface area contributed by atoms with Crippen molar-refractivity contribution in [2.45, 2.75) is 6.42 Å². The summed E-state index contributed by atoms with van der Waals surface area (Å²) in [6, 6.07) is 0. The maximum absolute atomic E-state index is 11.2. The van der Waals surface area contributed by atoms with Crippen LogP contribution in [0.3, 0.4) is 0 Å². The van der Waals surface area contributed by atoms with Gasteiger partial charge < -0.3 is 4.74 Å². The van der Waals surface area contributed by atoms with E-state index in [1.807, 2.05) is 0 Å². The first-order valence-corrected chi connectivity index (χ1v) is 2.15. The van der Waals surface area contributed by atoms with Crippen LogP contribution in [0.2, 0.25) is 0 Å². The predicted molar refractivity (Wildman–Crippen MR) is 26.7 cm³/mol. The van der Waals surface area contributed by atoms with Gasteiger partial charge in [-0.05, 0) is 12.5 Å². The Balaban J connectivity index is 2.78. The van der Waals surface area contributed by atoms with E-state index in [9.17, 15) is 4.39 Å². The van der Waals surface area contributed by atoms with Crippen LogP contribution in [0.15, 0.2) is 12.3 Å². The summed E-state index contributed by atoms with van der Waals surface area (Å²) in [6.07, 6.45) is 3.56. The minimum atomic E-state index is -0.306. The molecule has 0 rings (SSSR count). The quantitative estimate of drug-likeness (QED) is 0.493. The van der Waals surface area contributed by atoms with Gasteiger partial charge in [0.25, 0.3) is 0 Å². The molecule has 0 aromatic carbocycles. The number of hydrogen-bond donors (Lipinski definition) is 0. The summed E-state index contributed by atoms with van der Waals surface area (Å²) in [4.78, 5) is 0. The first-order chi connectivity index (χ1) is 3.41. The van der Waals surface area contributed by atoms with Crippen molar-refractivity contribution in [3.8, 4) is 0 Å². The van der Waals surface area contributed by atoms with Gasteiger partial charge in [0.1, 0.15) is 0 Å². The predicted octanol–water partition coefficient (Wildman–Crippen LogP) is 1.51. The Morgan fingerprint density at radius 3 is 2.86 bits per heavy atom. The third-order valence-electron chi connectivity index (χ3n) is 0.508. The van der Waals surface area contributed by atoms with Crippen LogP contribution in [-0.2, 0) is 4.74 Å². The number of methoxy groups -OCH3 is 1. The van der Waals surface area contributed by atoms with Crippen molar-refractivity contribution in [3.63, 3.8) is 0 Å². The Morgan fingerprint density at radius 2 is 2.43 bits per heavy atom. The molecule has 0 aromatic heterocycles. The Morgan fingerprint density at radius 1 is 1.71 bits per heavy atom. The molecule has 0 radical (unpaired) electrons. The number of halogens is 1. The summed E-state index contributed by atoms with van der Waals surface area (Å²) in [7, 11) is 1.54. The number of hydrogen-bond acceptors (Lipinski definition) is 1. The van der Waals surface area contributed by atoms with E-state index >= 15 is 0 Å². The molecule has 0 heterocycles. The Hall–Kier alpha value is -0.530. The lowest BCUT2D eigenvalue weighted by atomic mass is 10.5. The van der Waals surface area contributed by atoms with Gasteiger partial charge >= 0.3 is 0 Å². The molecule has 0 unspecified atom stereocenters. The summed E-state index contributed by atoms with van der Waals surface area (Å²) in [5, 5.41) is 0. The molecule has 0 N–H and O–H groups in total. The second-order valence-corrected chi connectivity index (χ2v) is 1.09. The molecule has 0 fully saturated rings. The fraction of sp³-hybridized carbons (Fsp3) is 0.600. The summed E-state index contributed by atoms with van der Waals surface area (Å²) in [5.74, 6) is 0. The van der Waals surface area contributed by atoms with Crippen LogP contribution in [-0.4, -0.2) is 13.8 Å². The van der Waals surface area contributed by atoms with Crippen LogP contribution in [0.5, 0.6) is 0 Å². The van der Waals surface area contributed by atoms with E-state index in [1.165, 1.54) is 13.4 Å². The van der Waals surface area contributed by atoms with Gasteiger partial charge in [-0.25, -0.2) is 0 Å². The second kappa shape index (κ2) is 5.47. The standard InChI is InChI=1S/C5H9FO/c1-7-5-3-2-4-6/h3,5H,2,4H2,1H3. The molecule has 0 aliphatic carbocycles. The van der Waals surface area contributed by atoms with Crippen molar-refractivity contribution in [2.24, 2.45) is 0 Å². The van der Waals surface area contributed by atoms with E-state index in [-0.39, 0.29) is 6.67 Å². The SMILES string of the molecule is COC=CCCF. The molecule has 0 saturated heterocycles. The molecule has 0 aromatic rings. The summed E-state index contributed by atoms with van der Waals surface area (Å²) < 4.78 is 15.7. The van der Waals surface area contributed by atoms with Gasteiger partial charge in [-0.3, -0.25) is 4.39 Å². The van der Waals surface area contributed by atoms with Crippen LogP contribution in [0, 0.1) is 0 Å². The van der Waals surface area contributed by atoms with Gasteiger partial charge in [0.15, 0.2) is 0 Å². The fourth-order valence-electron chi connectivity index (χ4n) is 0.227. The smallest absolute Gasteiger partial charge is 0.0930 e. The van der Waals surface area contributed by atoms with Crippen molar-refractivity contribution < 1.29 is 9.13 Å². The fourth-order valence-corrected chi connectivity index (χ4v) is 0.227. The van der Waals surface area contributed by atoms with Crippen molar-refractivity contribution in [2.75, 3.05) is 13.8 Å². The highest BCUT2D eigenvalue weighted by Gasteiger charge is 1.71. The molecule has 0 spiro atoms. The molecule has 0 aliphatic rings. The van der Waals surface area contributed by atoms with Gasteiger partial charge in [-0.2, -0.15) is 0 Å². The average molecular weight is 104 g/mol. The minimum absolute atomic E-state index is 0.306. The average Bonchev–Trinajstić information content (AvgIpc) is 1.69. The zero-order chi connectivity index (χ0) is 5.54. The molecule has 42 valence electrons. The van der Waals surface area contributed by atoms with Crippen LogP contribution in [0.4, 0.5) is 4.39 Å². The minimum Gasteiger partial charge on any atom is -0.505 e. The molecule has 0 amide bonds. The highest BCUT2D eigenvalue weighted by Crippen LogP contribution is 1.81. The van der Waals surface area contributed by atoms with Crippen molar-refractivity contribution in [1.29, 1.82) is 0 Å². The Bertz CT molecular complexity index is 52.0. The van der Waals surface area contributed by atoms with Crippen LogP contribution < -0.4 is 0 Å². The van der Waals surface area contributed by atoms with Gasteiger partial charge in [0.2, 0.25) is 0 Å². The zero-order valence-corrected chi connectivity index (χ0v) is 4.36. The van der Waals surface area contributed by atoms with E-state index in [0.29, 0.717) is 6.42 Å². The van der Waals surface area contributed by atoms with Crippen LogP contribution in [0.1, 0.15) is 6.42 Å². The maximum Gasteiger partial charge on any atom is 0.0930 e. The van der Waals surface area contributed by atoms with Crippen LogP contribution in [0.25, 0.3) is 0 Å².